The first-order valence-electron chi connectivity index (χ1n) is 7.13. The maximum absolute atomic E-state index is 5.38. The van der Waals surface area contributed by atoms with Crippen LogP contribution in [-0.4, -0.2) is 24.2 Å². The minimum Gasteiger partial charge on any atom is -0.493 e. The summed E-state index contributed by atoms with van der Waals surface area (Å²) < 4.78 is 12.7. The van der Waals surface area contributed by atoms with E-state index in [0.717, 1.165) is 31.1 Å². The normalized spacial score (nSPS) is 10.7. The molecule has 0 bridgehead atoms. The zero-order valence-corrected chi connectivity index (χ0v) is 16.5. The van der Waals surface area contributed by atoms with Gasteiger partial charge in [0.25, 0.3) is 0 Å². The summed E-state index contributed by atoms with van der Waals surface area (Å²) in [7, 11) is 3.21. The molecular formula is C17H15Br2N3O2. The predicted octanol–water partition coefficient (Wildman–Crippen LogP) is 5.22. The fourth-order valence-electron chi connectivity index (χ4n) is 2.34. The van der Waals surface area contributed by atoms with Crippen LogP contribution in [0.4, 0.5) is 11.5 Å². The topological polar surface area (TPSA) is 56.3 Å². The highest BCUT2D eigenvalue weighted by Gasteiger charge is 2.12. The summed E-state index contributed by atoms with van der Waals surface area (Å²) in [5.41, 5.74) is 2.82. The van der Waals surface area contributed by atoms with Crippen molar-refractivity contribution in [1.82, 2.24) is 9.97 Å². The molecule has 2 aromatic carbocycles. The molecule has 0 spiro atoms. The van der Waals surface area contributed by atoms with Gasteiger partial charge in [-0.3, -0.25) is 0 Å². The lowest BCUT2D eigenvalue weighted by Gasteiger charge is -2.13. The molecule has 0 saturated heterocycles. The number of fused-ring (bicyclic) bond motifs is 1. The second-order valence-electron chi connectivity index (χ2n) is 5.14. The molecule has 7 heteroatoms. The Morgan fingerprint density at radius 1 is 0.917 bits per heavy atom. The van der Waals surface area contributed by atoms with Crippen LogP contribution in [0.25, 0.3) is 10.9 Å². The SMILES string of the molecule is COc1cc2ncnc(Nc3cc(Br)c(C)c(Br)c3)c2cc1OC. The number of ether oxygens (including phenoxy) is 2. The average molecular weight is 453 g/mol. The van der Waals surface area contributed by atoms with E-state index in [-0.39, 0.29) is 0 Å². The molecular weight excluding hydrogens is 438 g/mol. The molecule has 0 aliphatic rings. The molecule has 1 N–H and O–H groups in total. The van der Waals surface area contributed by atoms with E-state index < -0.39 is 0 Å². The molecule has 1 heterocycles. The Morgan fingerprint density at radius 2 is 1.54 bits per heavy atom. The molecule has 124 valence electrons. The Bertz CT molecular complexity index is 893. The van der Waals surface area contributed by atoms with Gasteiger partial charge in [0.15, 0.2) is 11.5 Å². The number of hydrogen-bond acceptors (Lipinski definition) is 5. The quantitative estimate of drug-likeness (QED) is 0.587. The van der Waals surface area contributed by atoms with Crippen LogP contribution >= 0.6 is 31.9 Å². The lowest BCUT2D eigenvalue weighted by Crippen LogP contribution is -1.98. The van der Waals surface area contributed by atoms with Crippen LogP contribution in [0.3, 0.4) is 0 Å². The Balaban J connectivity index is 2.09. The highest BCUT2D eigenvalue weighted by atomic mass is 79.9. The third-order valence-corrected chi connectivity index (χ3v) is 5.33. The monoisotopic (exact) mass is 451 g/mol. The van der Waals surface area contributed by atoms with Crippen molar-refractivity contribution in [3.63, 3.8) is 0 Å². The molecule has 3 aromatic rings. The van der Waals surface area contributed by atoms with Crippen molar-refractivity contribution in [2.75, 3.05) is 19.5 Å². The fourth-order valence-corrected chi connectivity index (χ4v) is 3.52. The summed E-state index contributed by atoms with van der Waals surface area (Å²) in [6, 6.07) is 7.72. The van der Waals surface area contributed by atoms with E-state index in [1.165, 1.54) is 6.33 Å². The van der Waals surface area contributed by atoms with Crippen molar-refractivity contribution >= 4 is 54.3 Å². The Labute approximate surface area is 156 Å². The summed E-state index contributed by atoms with van der Waals surface area (Å²) in [6.45, 7) is 2.04. The highest BCUT2D eigenvalue weighted by Crippen LogP contribution is 2.35. The number of nitrogens with one attached hydrogen (secondary N) is 1. The molecule has 0 radical (unpaired) electrons. The van der Waals surface area contributed by atoms with Crippen molar-refractivity contribution in [2.45, 2.75) is 6.92 Å². The first-order chi connectivity index (χ1) is 11.5. The number of aromatic nitrogens is 2. The van der Waals surface area contributed by atoms with E-state index >= 15 is 0 Å². The van der Waals surface area contributed by atoms with Crippen molar-refractivity contribution in [3.8, 4) is 11.5 Å². The van der Waals surface area contributed by atoms with E-state index in [1.54, 1.807) is 14.2 Å². The van der Waals surface area contributed by atoms with Gasteiger partial charge in [0.2, 0.25) is 0 Å². The standard InChI is InChI=1S/C17H15Br2N3O2/c1-9-12(18)4-10(5-13(9)19)22-17-11-6-15(23-2)16(24-3)7-14(11)20-8-21-17/h4-8H,1-3H3,(H,20,21,22). The first kappa shape index (κ1) is 17.0. The van der Waals surface area contributed by atoms with E-state index in [0.29, 0.717) is 17.3 Å². The van der Waals surface area contributed by atoms with E-state index in [4.69, 9.17) is 9.47 Å². The molecule has 0 amide bonds. The van der Waals surface area contributed by atoms with Gasteiger partial charge in [0.1, 0.15) is 12.1 Å². The molecule has 0 aliphatic carbocycles. The van der Waals surface area contributed by atoms with Crippen LogP contribution in [0.15, 0.2) is 39.5 Å². The van der Waals surface area contributed by atoms with Crippen molar-refractivity contribution in [2.24, 2.45) is 0 Å². The highest BCUT2D eigenvalue weighted by molar-refractivity contribution is 9.11. The summed E-state index contributed by atoms with van der Waals surface area (Å²) >= 11 is 7.12. The van der Waals surface area contributed by atoms with Gasteiger partial charge in [-0.05, 0) is 30.7 Å². The number of anilines is 2. The third-order valence-electron chi connectivity index (χ3n) is 3.68. The number of nitrogens with zero attached hydrogens (tertiary/aromatic N) is 2. The summed E-state index contributed by atoms with van der Waals surface area (Å²) in [5, 5.41) is 4.19. The molecule has 3 rings (SSSR count). The number of halogens is 2. The second-order valence-corrected chi connectivity index (χ2v) is 6.85. The molecule has 5 nitrogen and oxygen atoms in total. The minimum absolute atomic E-state index is 0.633. The number of benzene rings is 2. The van der Waals surface area contributed by atoms with Crippen LogP contribution in [0.1, 0.15) is 5.56 Å². The predicted molar refractivity (Wildman–Crippen MR) is 103 cm³/mol. The van der Waals surface area contributed by atoms with Crippen LogP contribution < -0.4 is 14.8 Å². The van der Waals surface area contributed by atoms with Gasteiger partial charge in [0, 0.05) is 26.1 Å². The first-order valence-corrected chi connectivity index (χ1v) is 8.71. The molecule has 1 aromatic heterocycles. The largest absolute Gasteiger partial charge is 0.493 e. The van der Waals surface area contributed by atoms with Gasteiger partial charge in [-0.25, -0.2) is 9.97 Å². The number of hydrogen-bond donors (Lipinski definition) is 1. The summed E-state index contributed by atoms with van der Waals surface area (Å²) in [6.07, 6.45) is 1.52. The van der Waals surface area contributed by atoms with E-state index in [1.807, 2.05) is 31.2 Å². The third kappa shape index (κ3) is 3.18. The zero-order chi connectivity index (χ0) is 17.3. The van der Waals surface area contributed by atoms with Crippen LogP contribution in [-0.2, 0) is 0 Å². The molecule has 0 atom stereocenters. The molecule has 0 fully saturated rings. The number of methoxy groups -OCH3 is 2. The van der Waals surface area contributed by atoms with Crippen molar-refractivity contribution < 1.29 is 9.47 Å². The smallest absolute Gasteiger partial charge is 0.162 e. The van der Waals surface area contributed by atoms with Gasteiger partial charge in [-0.2, -0.15) is 0 Å². The van der Waals surface area contributed by atoms with Gasteiger partial charge >= 0.3 is 0 Å². The second kappa shape index (κ2) is 6.94. The fraction of sp³-hybridized carbons (Fsp3) is 0.176. The van der Waals surface area contributed by atoms with Gasteiger partial charge in [-0.15, -0.1) is 0 Å². The Kier molecular flexibility index (Phi) is 4.91. The number of rotatable bonds is 4. The van der Waals surface area contributed by atoms with Crippen LogP contribution in [0.2, 0.25) is 0 Å². The van der Waals surface area contributed by atoms with Gasteiger partial charge in [0.05, 0.1) is 19.7 Å². The summed E-state index contributed by atoms with van der Waals surface area (Å²) in [5.74, 6) is 1.97. The van der Waals surface area contributed by atoms with E-state index in [2.05, 4.69) is 47.1 Å². The maximum Gasteiger partial charge on any atom is 0.162 e. The molecule has 0 unspecified atom stereocenters. The Morgan fingerprint density at radius 3 is 2.17 bits per heavy atom. The lowest BCUT2D eigenvalue weighted by atomic mass is 10.2. The van der Waals surface area contributed by atoms with Crippen molar-refractivity contribution in [1.29, 1.82) is 0 Å². The average Bonchev–Trinajstić information content (AvgIpc) is 2.58. The molecule has 0 saturated carbocycles. The summed E-state index contributed by atoms with van der Waals surface area (Å²) in [4.78, 5) is 8.68. The zero-order valence-electron chi connectivity index (χ0n) is 13.4. The minimum atomic E-state index is 0.633. The Hall–Kier alpha value is -1.86. The molecule has 24 heavy (non-hydrogen) atoms. The van der Waals surface area contributed by atoms with Gasteiger partial charge < -0.3 is 14.8 Å². The van der Waals surface area contributed by atoms with E-state index in [9.17, 15) is 0 Å². The lowest BCUT2D eigenvalue weighted by molar-refractivity contribution is 0.356. The van der Waals surface area contributed by atoms with Crippen molar-refractivity contribution in [3.05, 3.63) is 45.1 Å². The van der Waals surface area contributed by atoms with Gasteiger partial charge in [-0.1, -0.05) is 31.9 Å². The van der Waals surface area contributed by atoms with Crippen LogP contribution in [0, 0.1) is 6.92 Å². The van der Waals surface area contributed by atoms with Crippen LogP contribution in [0.5, 0.6) is 11.5 Å². The maximum atomic E-state index is 5.38. The molecule has 0 aliphatic heterocycles.